The molecule has 0 spiro atoms. The molecule has 2 fully saturated rings. The van der Waals surface area contributed by atoms with Crippen LogP contribution in [-0.4, -0.2) is 38.0 Å². The minimum absolute atomic E-state index is 0. The van der Waals surface area contributed by atoms with Crippen LogP contribution in [0.25, 0.3) is 0 Å². The van der Waals surface area contributed by atoms with Crippen LogP contribution in [0, 0.1) is 11.8 Å². The van der Waals surface area contributed by atoms with Crippen molar-refractivity contribution in [3.63, 3.8) is 0 Å². The minimum atomic E-state index is -0.536. The first-order valence-electron chi connectivity index (χ1n) is 9.46. The van der Waals surface area contributed by atoms with Gasteiger partial charge in [-0.25, -0.2) is 0 Å². The average molecular weight is 380 g/mol. The second-order valence-electron chi connectivity index (χ2n) is 7.52. The summed E-state index contributed by atoms with van der Waals surface area (Å²) in [6, 6.07) is 8.11. The lowest BCUT2D eigenvalue weighted by Crippen LogP contribution is -2.37. The third kappa shape index (κ3) is 4.77. The summed E-state index contributed by atoms with van der Waals surface area (Å²) in [5.74, 6) is 0.397. The van der Waals surface area contributed by atoms with Gasteiger partial charge in [-0.15, -0.1) is 12.4 Å². The predicted octanol–water partition coefficient (Wildman–Crippen LogP) is 2.70. The van der Waals surface area contributed by atoms with Crippen LogP contribution in [0.15, 0.2) is 24.3 Å². The van der Waals surface area contributed by atoms with Gasteiger partial charge in [-0.3, -0.25) is 9.59 Å². The van der Waals surface area contributed by atoms with Gasteiger partial charge < -0.3 is 15.5 Å². The van der Waals surface area contributed by atoms with Crippen LogP contribution < -0.4 is 15.5 Å². The van der Waals surface area contributed by atoms with Crippen LogP contribution in [-0.2, 0) is 9.59 Å². The molecule has 2 aliphatic heterocycles. The fraction of sp³-hybridized carbons (Fsp3) is 0.600. The minimum Gasteiger partial charge on any atom is -0.355 e. The van der Waals surface area contributed by atoms with Gasteiger partial charge in [0.25, 0.3) is 0 Å². The van der Waals surface area contributed by atoms with Crippen LogP contribution in [0.4, 0.5) is 5.69 Å². The van der Waals surface area contributed by atoms with Crippen molar-refractivity contribution in [2.75, 3.05) is 31.1 Å². The van der Waals surface area contributed by atoms with E-state index in [0.29, 0.717) is 31.3 Å². The Kier molecular flexibility index (Phi) is 7.47. The van der Waals surface area contributed by atoms with Crippen LogP contribution >= 0.6 is 12.4 Å². The van der Waals surface area contributed by atoms with Gasteiger partial charge in [0.2, 0.25) is 11.8 Å². The van der Waals surface area contributed by atoms with Crippen molar-refractivity contribution in [2.24, 2.45) is 11.8 Å². The predicted molar refractivity (Wildman–Crippen MR) is 107 cm³/mol. The van der Waals surface area contributed by atoms with E-state index < -0.39 is 5.92 Å². The number of hydrogen-bond acceptors (Lipinski definition) is 3. The summed E-state index contributed by atoms with van der Waals surface area (Å²) in [6.07, 6.45) is 2.76. The molecule has 0 aliphatic carbocycles. The van der Waals surface area contributed by atoms with Gasteiger partial charge in [0, 0.05) is 18.8 Å². The number of carbonyl (C=O) groups excluding carboxylic acids is 2. The highest BCUT2D eigenvalue weighted by atomic mass is 35.5. The quantitative estimate of drug-likeness (QED) is 0.747. The van der Waals surface area contributed by atoms with Gasteiger partial charge in [-0.2, -0.15) is 0 Å². The summed E-state index contributed by atoms with van der Waals surface area (Å²) >= 11 is 0. The van der Waals surface area contributed by atoms with Crippen LogP contribution in [0.3, 0.4) is 0 Å². The lowest BCUT2D eigenvalue weighted by atomic mass is 10.0. The highest BCUT2D eigenvalue weighted by Gasteiger charge is 2.37. The summed E-state index contributed by atoms with van der Waals surface area (Å²) in [6.45, 7) is 7.70. The number of benzene rings is 1. The molecule has 0 aromatic heterocycles. The van der Waals surface area contributed by atoms with E-state index in [0.717, 1.165) is 25.2 Å². The zero-order chi connectivity index (χ0) is 17.8. The van der Waals surface area contributed by atoms with Gasteiger partial charge in [-0.1, -0.05) is 26.0 Å². The molecule has 2 atom stereocenters. The Bertz CT molecular complexity index is 612. The number of carbonyl (C=O) groups is 2. The number of rotatable bonds is 6. The van der Waals surface area contributed by atoms with Gasteiger partial charge in [-0.05, 0) is 61.9 Å². The van der Waals surface area contributed by atoms with E-state index in [2.05, 4.69) is 36.6 Å². The molecule has 0 bridgehead atoms. The van der Waals surface area contributed by atoms with Crippen molar-refractivity contribution in [3.05, 3.63) is 29.8 Å². The highest BCUT2D eigenvalue weighted by Crippen LogP contribution is 2.27. The molecule has 0 saturated carbocycles. The first-order chi connectivity index (χ1) is 12.1. The van der Waals surface area contributed by atoms with Gasteiger partial charge >= 0.3 is 0 Å². The molecule has 6 heteroatoms. The molecule has 1 aromatic rings. The molecule has 2 unspecified atom stereocenters. The molecule has 2 N–H and O–H groups in total. The molecule has 144 valence electrons. The number of nitrogens with zero attached hydrogens (tertiary/aromatic N) is 1. The molecule has 2 saturated heterocycles. The van der Waals surface area contributed by atoms with E-state index in [1.807, 2.05) is 12.1 Å². The van der Waals surface area contributed by atoms with Crippen molar-refractivity contribution >= 4 is 29.9 Å². The smallest absolute Gasteiger partial charge is 0.239 e. The van der Waals surface area contributed by atoms with Crippen LogP contribution in [0.1, 0.15) is 44.6 Å². The fourth-order valence-electron chi connectivity index (χ4n) is 3.70. The molecule has 2 aliphatic rings. The van der Waals surface area contributed by atoms with Gasteiger partial charge in [0.1, 0.15) is 5.92 Å². The monoisotopic (exact) mass is 379 g/mol. The summed E-state index contributed by atoms with van der Waals surface area (Å²) in [5, 5.41) is 6.30. The zero-order valence-corrected chi connectivity index (χ0v) is 16.5. The van der Waals surface area contributed by atoms with E-state index in [-0.39, 0.29) is 24.2 Å². The largest absolute Gasteiger partial charge is 0.355 e. The van der Waals surface area contributed by atoms with E-state index in [9.17, 15) is 9.59 Å². The third-order valence-electron chi connectivity index (χ3n) is 5.41. The Morgan fingerprint density at radius 2 is 2.00 bits per heavy atom. The van der Waals surface area contributed by atoms with Crippen LogP contribution in [0.5, 0.6) is 0 Å². The Labute approximate surface area is 162 Å². The lowest BCUT2D eigenvalue weighted by Gasteiger charge is -2.18. The SMILES string of the molecule is CC(C)c1ccc(N2CCC(C(=O)NCCC3CCNC3)C2=O)cc1.Cl. The molecule has 2 amide bonds. The molecule has 3 rings (SSSR count). The number of anilines is 1. The summed E-state index contributed by atoms with van der Waals surface area (Å²) in [4.78, 5) is 26.8. The Balaban J connectivity index is 0.00000243. The number of hydrogen-bond donors (Lipinski definition) is 2. The molecule has 2 heterocycles. The Morgan fingerprint density at radius 1 is 1.27 bits per heavy atom. The first kappa shape index (κ1) is 20.7. The maximum Gasteiger partial charge on any atom is 0.239 e. The number of halogens is 1. The molecule has 0 radical (unpaired) electrons. The molecular weight excluding hydrogens is 350 g/mol. The van der Waals surface area contributed by atoms with E-state index >= 15 is 0 Å². The van der Waals surface area contributed by atoms with Crippen LogP contribution in [0.2, 0.25) is 0 Å². The van der Waals surface area contributed by atoms with Crippen molar-refractivity contribution in [1.82, 2.24) is 10.6 Å². The summed E-state index contributed by atoms with van der Waals surface area (Å²) < 4.78 is 0. The second-order valence-corrected chi connectivity index (χ2v) is 7.52. The molecular formula is C20H30ClN3O2. The zero-order valence-electron chi connectivity index (χ0n) is 15.7. The van der Waals surface area contributed by atoms with Crippen molar-refractivity contribution in [1.29, 1.82) is 0 Å². The van der Waals surface area contributed by atoms with E-state index in [1.54, 1.807) is 4.90 Å². The van der Waals surface area contributed by atoms with Crippen molar-refractivity contribution < 1.29 is 9.59 Å². The number of nitrogens with one attached hydrogen (secondary N) is 2. The number of amides is 2. The Morgan fingerprint density at radius 3 is 2.62 bits per heavy atom. The van der Waals surface area contributed by atoms with Crippen molar-refractivity contribution in [2.45, 2.75) is 39.0 Å². The standard InChI is InChI=1S/C20H29N3O2.ClH/c1-14(2)16-3-5-17(6-4-16)23-12-9-18(20(23)25)19(24)22-11-8-15-7-10-21-13-15;/h3-6,14-15,18,21H,7-13H2,1-2H3,(H,22,24);1H. The fourth-order valence-corrected chi connectivity index (χ4v) is 3.70. The molecule has 26 heavy (non-hydrogen) atoms. The highest BCUT2D eigenvalue weighted by molar-refractivity contribution is 6.09. The van der Waals surface area contributed by atoms with Crippen molar-refractivity contribution in [3.8, 4) is 0 Å². The maximum absolute atomic E-state index is 12.6. The molecule has 5 nitrogen and oxygen atoms in total. The Hall–Kier alpha value is -1.59. The van der Waals surface area contributed by atoms with E-state index in [4.69, 9.17) is 0 Å². The topological polar surface area (TPSA) is 61.4 Å². The van der Waals surface area contributed by atoms with E-state index in [1.165, 1.54) is 12.0 Å². The lowest BCUT2D eigenvalue weighted by molar-refractivity contribution is -0.132. The van der Waals surface area contributed by atoms with Gasteiger partial charge in [0.15, 0.2) is 0 Å². The average Bonchev–Trinajstić information content (AvgIpc) is 3.24. The first-order valence-corrected chi connectivity index (χ1v) is 9.46. The normalized spacial score (nSPS) is 22.6. The summed E-state index contributed by atoms with van der Waals surface area (Å²) in [5.41, 5.74) is 2.15. The summed E-state index contributed by atoms with van der Waals surface area (Å²) in [7, 11) is 0. The second kappa shape index (κ2) is 9.38. The van der Waals surface area contributed by atoms with Gasteiger partial charge in [0.05, 0.1) is 0 Å². The maximum atomic E-state index is 12.6. The molecule has 1 aromatic carbocycles. The third-order valence-corrected chi connectivity index (χ3v) is 5.41.